The van der Waals surface area contributed by atoms with Gasteiger partial charge in [0.1, 0.15) is 17.1 Å². The Morgan fingerprint density at radius 2 is 1.45 bits per heavy atom. The lowest BCUT2D eigenvalue weighted by molar-refractivity contribution is 0.0476. The highest BCUT2D eigenvalue weighted by atomic mass is 16.5. The molecule has 0 heterocycles. The maximum absolute atomic E-state index is 13.0. The standard InChI is InChI=1S/C24H28O7/c1-3-4-5-6-7-10-15-31-24(29)21-19(26)14-13-17(20(21)23(28)30-2)22(27)16-11-8-9-12-18(16)25/h8-9,11-14,25-26H,3-7,10,15H2,1-2H3. The van der Waals surface area contributed by atoms with Gasteiger partial charge in [0.15, 0.2) is 5.78 Å². The summed E-state index contributed by atoms with van der Waals surface area (Å²) in [4.78, 5) is 38.1. The number of ketones is 1. The Hall–Kier alpha value is -3.35. The second-order valence-electron chi connectivity index (χ2n) is 7.12. The van der Waals surface area contributed by atoms with Crippen LogP contribution in [-0.2, 0) is 9.47 Å². The molecule has 2 N–H and O–H groups in total. The smallest absolute Gasteiger partial charge is 0.342 e. The molecule has 0 unspecified atom stereocenters. The lowest BCUT2D eigenvalue weighted by Crippen LogP contribution is -2.19. The zero-order valence-corrected chi connectivity index (χ0v) is 17.8. The molecule has 0 bridgehead atoms. The van der Waals surface area contributed by atoms with Crippen molar-refractivity contribution >= 4 is 17.7 Å². The molecule has 0 atom stereocenters. The molecule has 7 nitrogen and oxygen atoms in total. The van der Waals surface area contributed by atoms with Crippen LogP contribution in [0.15, 0.2) is 36.4 Å². The lowest BCUT2D eigenvalue weighted by atomic mass is 9.93. The number of carbonyl (C=O) groups is 3. The molecule has 0 radical (unpaired) electrons. The SMILES string of the molecule is CCCCCCCCOC(=O)c1c(O)ccc(C(=O)c2ccccc2O)c1C(=O)OC. The maximum Gasteiger partial charge on any atom is 0.342 e. The molecule has 0 saturated heterocycles. The van der Waals surface area contributed by atoms with Crippen molar-refractivity contribution in [2.45, 2.75) is 45.4 Å². The van der Waals surface area contributed by atoms with E-state index in [1.54, 1.807) is 12.1 Å². The lowest BCUT2D eigenvalue weighted by Gasteiger charge is -2.14. The van der Waals surface area contributed by atoms with E-state index in [9.17, 15) is 24.6 Å². The number of hydrogen-bond acceptors (Lipinski definition) is 7. The van der Waals surface area contributed by atoms with Crippen LogP contribution in [0.25, 0.3) is 0 Å². The number of para-hydroxylation sites is 1. The highest BCUT2D eigenvalue weighted by Crippen LogP contribution is 2.30. The van der Waals surface area contributed by atoms with E-state index in [0.29, 0.717) is 6.42 Å². The summed E-state index contributed by atoms with van der Waals surface area (Å²) in [6.07, 6.45) is 6.01. The Labute approximate surface area is 181 Å². The summed E-state index contributed by atoms with van der Waals surface area (Å²) in [6.45, 7) is 2.26. The van der Waals surface area contributed by atoms with Crippen LogP contribution in [0.1, 0.15) is 82.1 Å². The molecule has 2 aromatic carbocycles. The highest BCUT2D eigenvalue weighted by Gasteiger charge is 2.30. The first-order chi connectivity index (χ1) is 14.9. The number of benzene rings is 2. The number of methoxy groups -OCH3 is 1. The van der Waals surface area contributed by atoms with E-state index in [4.69, 9.17) is 9.47 Å². The topological polar surface area (TPSA) is 110 Å². The zero-order valence-electron chi connectivity index (χ0n) is 17.8. The summed E-state index contributed by atoms with van der Waals surface area (Å²) < 4.78 is 9.99. The number of unbranched alkanes of at least 4 members (excludes halogenated alkanes) is 5. The van der Waals surface area contributed by atoms with Gasteiger partial charge in [0, 0.05) is 5.56 Å². The fourth-order valence-corrected chi connectivity index (χ4v) is 3.23. The zero-order chi connectivity index (χ0) is 22.8. The van der Waals surface area contributed by atoms with Gasteiger partial charge in [-0.2, -0.15) is 0 Å². The highest BCUT2D eigenvalue weighted by molar-refractivity contribution is 6.19. The first kappa shape index (κ1) is 23.9. The molecule has 0 aliphatic carbocycles. The Kier molecular flexibility index (Phi) is 9.06. The maximum atomic E-state index is 13.0. The van der Waals surface area contributed by atoms with Crippen LogP contribution in [0, 0.1) is 0 Å². The minimum Gasteiger partial charge on any atom is -0.507 e. The second kappa shape index (κ2) is 11.7. The fraction of sp³-hybridized carbons (Fsp3) is 0.375. The molecule has 0 aliphatic heterocycles. The molecule has 0 amide bonds. The van der Waals surface area contributed by atoms with Crippen LogP contribution < -0.4 is 0 Å². The number of carbonyl (C=O) groups excluding carboxylic acids is 3. The summed E-state index contributed by atoms with van der Waals surface area (Å²) >= 11 is 0. The molecular weight excluding hydrogens is 400 g/mol. The van der Waals surface area contributed by atoms with Crippen LogP contribution >= 0.6 is 0 Å². The molecular formula is C24H28O7. The number of esters is 2. The van der Waals surface area contributed by atoms with Crippen LogP contribution in [0.2, 0.25) is 0 Å². The van der Waals surface area contributed by atoms with Gasteiger partial charge in [-0.1, -0.05) is 51.2 Å². The van der Waals surface area contributed by atoms with Crippen LogP contribution in [-0.4, -0.2) is 41.7 Å². The molecule has 2 rings (SSSR count). The van der Waals surface area contributed by atoms with E-state index in [1.807, 2.05) is 0 Å². The molecule has 0 aromatic heterocycles. The van der Waals surface area contributed by atoms with E-state index < -0.39 is 34.6 Å². The molecule has 7 heteroatoms. The van der Waals surface area contributed by atoms with E-state index in [1.165, 1.54) is 18.2 Å². The minimum atomic E-state index is -0.971. The van der Waals surface area contributed by atoms with E-state index in [-0.39, 0.29) is 23.5 Å². The van der Waals surface area contributed by atoms with Crippen molar-refractivity contribution in [2.75, 3.05) is 13.7 Å². The Bertz CT molecular complexity index is 934. The summed E-state index contributed by atoms with van der Waals surface area (Å²) in [7, 11) is 1.10. The van der Waals surface area contributed by atoms with Gasteiger partial charge < -0.3 is 19.7 Å². The average molecular weight is 428 g/mol. The van der Waals surface area contributed by atoms with Gasteiger partial charge in [-0.25, -0.2) is 9.59 Å². The minimum absolute atomic E-state index is 0.0512. The van der Waals surface area contributed by atoms with Crippen molar-refractivity contribution in [1.29, 1.82) is 0 Å². The molecule has 2 aromatic rings. The summed E-state index contributed by atoms with van der Waals surface area (Å²) in [6, 6.07) is 8.18. The molecule has 166 valence electrons. The molecule has 0 saturated carbocycles. The van der Waals surface area contributed by atoms with E-state index in [0.717, 1.165) is 45.3 Å². The second-order valence-corrected chi connectivity index (χ2v) is 7.12. The summed E-state index contributed by atoms with van der Waals surface area (Å²) in [5.41, 5.74) is -1.06. The first-order valence-corrected chi connectivity index (χ1v) is 10.4. The molecule has 31 heavy (non-hydrogen) atoms. The monoisotopic (exact) mass is 428 g/mol. The number of ether oxygens (including phenoxy) is 2. The number of phenolic OH excluding ortho intramolecular Hbond substituents is 2. The number of rotatable bonds is 11. The third-order valence-electron chi connectivity index (χ3n) is 4.90. The summed E-state index contributed by atoms with van der Waals surface area (Å²) in [5.74, 6) is -3.35. The molecule has 0 spiro atoms. The van der Waals surface area contributed by atoms with Crippen molar-refractivity contribution < 1.29 is 34.1 Å². The Morgan fingerprint density at radius 3 is 2.13 bits per heavy atom. The third-order valence-corrected chi connectivity index (χ3v) is 4.90. The number of aromatic hydroxyl groups is 2. The third kappa shape index (κ3) is 6.07. The van der Waals surface area contributed by atoms with Crippen molar-refractivity contribution in [3.63, 3.8) is 0 Å². The normalized spacial score (nSPS) is 10.5. The number of hydrogen-bond donors (Lipinski definition) is 2. The Balaban J connectivity index is 2.29. The van der Waals surface area contributed by atoms with E-state index in [2.05, 4.69) is 6.92 Å². The largest absolute Gasteiger partial charge is 0.507 e. The Morgan fingerprint density at radius 1 is 0.774 bits per heavy atom. The van der Waals surface area contributed by atoms with Gasteiger partial charge in [-0.05, 0) is 30.7 Å². The van der Waals surface area contributed by atoms with Crippen LogP contribution in [0.3, 0.4) is 0 Å². The molecule has 0 aliphatic rings. The van der Waals surface area contributed by atoms with Gasteiger partial charge >= 0.3 is 11.9 Å². The number of phenols is 2. The van der Waals surface area contributed by atoms with Crippen LogP contribution in [0.4, 0.5) is 0 Å². The van der Waals surface area contributed by atoms with Gasteiger partial charge in [0.2, 0.25) is 0 Å². The quantitative estimate of drug-likeness (QED) is 0.305. The van der Waals surface area contributed by atoms with Crippen molar-refractivity contribution in [3.05, 3.63) is 58.7 Å². The molecule has 0 fully saturated rings. The van der Waals surface area contributed by atoms with E-state index >= 15 is 0 Å². The average Bonchev–Trinajstić information content (AvgIpc) is 2.77. The van der Waals surface area contributed by atoms with Crippen molar-refractivity contribution in [1.82, 2.24) is 0 Å². The fourth-order valence-electron chi connectivity index (χ4n) is 3.23. The van der Waals surface area contributed by atoms with Crippen LogP contribution in [0.5, 0.6) is 11.5 Å². The predicted molar refractivity (Wildman–Crippen MR) is 115 cm³/mol. The first-order valence-electron chi connectivity index (χ1n) is 10.4. The summed E-state index contributed by atoms with van der Waals surface area (Å²) in [5, 5.41) is 20.3. The predicted octanol–water partition coefficient (Wildman–Crippen LogP) is 4.63. The van der Waals surface area contributed by atoms with Gasteiger partial charge in [0.05, 0.1) is 24.8 Å². The van der Waals surface area contributed by atoms with Gasteiger partial charge in [0.25, 0.3) is 0 Å². The van der Waals surface area contributed by atoms with Gasteiger partial charge in [-0.3, -0.25) is 4.79 Å². The van der Waals surface area contributed by atoms with Crippen molar-refractivity contribution in [3.8, 4) is 11.5 Å². The van der Waals surface area contributed by atoms with Crippen molar-refractivity contribution in [2.24, 2.45) is 0 Å². The van der Waals surface area contributed by atoms with Gasteiger partial charge in [-0.15, -0.1) is 0 Å².